The molecule has 1 aliphatic heterocycles. The maximum atomic E-state index is 14.9. The quantitative estimate of drug-likeness (QED) is 0.286. The number of ketones is 2. The molecule has 2 aliphatic rings. The molecule has 12 heteroatoms. The van der Waals surface area contributed by atoms with Gasteiger partial charge in [-0.25, -0.2) is 8.42 Å². The Morgan fingerprint density at radius 1 is 0.978 bits per heavy atom. The first-order valence-electron chi connectivity index (χ1n) is 14.6. The van der Waals surface area contributed by atoms with Gasteiger partial charge in [0.15, 0.2) is 11.6 Å². The lowest BCUT2D eigenvalue weighted by Crippen LogP contribution is -2.59. The number of carbonyl (C=O) groups is 2. The molecule has 0 aromatic heterocycles. The molecule has 238 valence electrons. The van der Waals surface area contributed by atoms with Crippen molar-refractivity contribution in [3.8, 4) is 0 Å². The number of anilines is 2. The number of benzene rings is 3. The zero-order chi connectivity index (χ0) is 32.9. The van der Waals surface area contributed by atoms with E-state index >= 15 is 0 Å². The summed E-state index contributed by atoms with van der Waals surface area (Å²) in [5.41, 5.74) is 2.68. The van der Waals surface area contributed by atoms with Crippen LogP contribution in [0.15, 0.2) is 70.0 Å². The Bertz CT molecular complexity index is 1940. The van der Waals surface area contributed by atoms with Gasteiger partial charge in [0.1, 0.15) is 22.2 Å². The minimum absolute atomic E-state index is 0.0379. The Balaban J connectivity index is 1.63. The molecule has 10 nitrogen and oxygen atoms in total. The Labute approximate surface area is 264 Å². The van der Waals surface area contributed by atoms with Crippen molar-refractivity contribution in [3.05, 3.63) is 88.5 Å². The molecule has 2 unspecified atom stereocenters. The Morgan fingerprint density at radius 3 is 2.29 bits per heavy atom. The second-order valence-electron chi connectivity index (χ2n) is 13.1. The van der Waals surface area contributed by atoms with Gasteiger partial charge in [-0.15, -0.1) is 4.40 Å². The van der Waals surface area contributed by atoms with Crippen LogP contribution in [-0.2, 0) is 36.9 Å². The number of nitrogens with zero attached hydrogens (tertiary/aromatic N) is 1. The van der Waals surface area contributed by atoms with Gasteiger partial charge >= 0.3 is 0 Å². The number of hydrogen-bond acceptors (Lipinski definition) is 8. The van der Waals surface area contributed by atoms with Crippen molar-refractivity contribution in [2.24, 2.45) is 15.7 Å². The minimum atomic E-state index is -4.42. The van der Waals surface area contributed by atoms with Gasteiger partial charge in [-0.2, -0.15) is 8.42 Å². The summed E-state index contributed by atoms with van der Waals surface area (Å²) >= 11 is 0. The molecule has 0 amide bonds. The van der Waals surface area contributed by atoms with Crippen molar-refractivity contribution in [1.82, 2.24) is 5.32 Å². The summed E-state index contributed by atoms with van der Waals surface area (Å²) < 4.78 is 56.6. The highest BCUT2D eigenvalue weighted by atomic mass is 32.2. The molecule has 3 aromatic rings. The molecule has 3 aromatic carbocycles. The van der Waals surface area contributed by atoms with Crippen molar-refractivity contribution in [1.29, 1.82) is 0 Å². The molecule has 1 aliphatic carbocycles. The number of amidine groups is 1. The Kier molecular flexibility index (Phi) is 8.30. The third kappa shape index (κ3) is 6.45. The minimum Gasteiger partial charge on any atom is -0.341 e. The summed E-state index contributed by atoms with van der Waals surface area (Å²) in [5, 5.41) is 6.50. The molecule has 3 N–H and O–H groups in total. The zero-order valence-electron chi connectivity index (χ0n) is 26.2. The molecule has 0 saturated carbocycles. The van der Waals surface area contributed by atoms with E-state index in [2.05, 4.69) is 40.5 Å². The third-order valence-electron chi connectivity index (χ3n) is 8.38. The van der Waals surface area contributed by atoms with Crippen LogP contribution in [0.5, 0.6) is 0 Å². The van der Waals surface area contributed by atoms with Crippen LogP contribution >= 0.6 is 0 Å². The van der Waals surface area contributed by atoms with Gasteiger partial charge in [0.25, 0.3) is 10.0 Å². The number of hydrogen-bond donors (Lipinski definition) is 3. The molecule has 0 radical (unpaired) electrons. The SMILES string of the molecule is Cc1cccc(C)c1CNC1(CCC(C)(C)C)C(=O)C(C2=NS(=O)(=O)c3cc(NS(C)(=O)=O)ccc3N2)C(=O)c2ccccc21. The maximum absolute atomic E-state index is 14.9. The first kappa shape index (κ1) is 32.5. The highest BCUT2D eigenvalue weighted by Gasteiger charge is 2.54. The van der Waals surface area contributed by atoms with Gasteiger partial charge in [-0.3, -0.25) is 19.6 Å². The maximum Gasteiger partial charge on any atom is 0.286 e. The number of fused-ring (bicyclic) bond motifs is 2. The number of carbonyl (C=O) groups excluding carboxylic acids is 2. The van der Waals surface area contributed by atoms with Crippen LogP contribution in [0.1, 0.15) is 66.2 Å². The zero-order valence-corrected chi connectivity index (χ0v) is 27.8. The Morgan fingerprint density at radius 2 is 1.64 bits per heavy atom. The highest BCUT2D eigenvalue weighted by molar-refractivity contribution is 7.92. The van der Waals surface area contributed by atoms with Crippen molar-refractivity contribution >= 4 is 48.8 Å². The molecular formula is C33H38N4O6S2. The first-order chi connectivity index (χ1) is 20.9. The predicted molar refractivity (Wildman–Crippen MR) is 176 cm³/mol. The standard InChI is InChI=1S/C33H38N4O6S2/c1-20-10-9-11-21(2)24(20)19-34-33(17-16-32(3,4)5)25-13-8-7-12-23(25)29(38)28(30(33)39)31-35-26-15-14-22(36-44(6,40)41)18-27(26)45(42,43)37-31/h7-15,18,28,34,36H,16-17,19H2,1-6H3,(H,35,37). The number of Topliss-reactive ketones (excluding diaryl/α,β-unsaturated/α-hetero) is 2. The molecule has 2 atom stereocenters. The van der Waals surface area contributed by atoms with Gasteiger partial charge in [0.2, 0.25) is 10.0 Å². The van der Waals surface area contributed by atoms with Gasteiger partial charge in [0, 0.05) is 17.8 Å². The second kappa shape index (κ2) is 11.5. The van der Waals surface area contributed by atoms with Gasteiger partial charge in [-0.1, -0.05) is 63.2 Å². The predicted octanol–water partition coefficient (Wildman–Crippen LogP) is 5.08. The number of nitrogens with one attached hydrogen (secondary N) is 3. The lowest BCUT2D eigenvalue weighted by molar-refractivity contribution is -0.128. The lowest BCUT2D eigenvalue weighted by Gasteiger charge is -2.43. The van der Waals surface area contributed by atoms with Gasteiger partial charge in [-0.05, 0) is 72.6 Å². The van der Waals surface area contributed by atoms with Crippen LogP contribution in [0, 0.1) is 25.2 Å². The van der Waals surface area contributed by atoms with Crippen LogP contribution in [0.2, 0.25) is 0 Å². The lowest BCUT2D eigenvalue weighted by atomic mass is 9.66. The summed E-state index contributed by atoms with van der Waals surface area (Å²) in [6, 6.07) is 16.9. The van der Waals surface area contributed by atoms with Crippen LogP contribution in [-0.4, -0.2) is 40.5 Å². The average molecular weight is 651 g/mol. The first-order valence-corrected chi connectivity index (χ1v) is 18.0. The molecular weight excluding hydrogens is 613 g/mol. The summed E-state index contributed by atoms with van der Waals surface area (Å²) in [4.78, 5) is 28.7. The summed E-state index contributed by atoms with van der Waals surface area (Å²) in [6.45, 7) is 10.6. The van der Waals surface area contributed by atoms with E-state index in [1.165, 1.54) is 12.1 Å². The summed E-state index contributed by atoms with van der Waals surface area (Å²) in [6.07, 6.45) is 1.94. The molecule has 0 spiro atoms. The van der Waals surface area contributed by atoms with Crippen LogP contribution in [0.4, 0.5) is 11.4 Å². The topological polar surface area (TPSA) is 151 Å². The largest absolute Gasteiger partial charge is 0.341 e. The fourth-order valence-electron chi connectivity index (χ4n) is 6.01. The van der Waals surface area contributed by atoms with Crippen molar-refractivity contribution in [2.45, 2.75) is 64.4 Å². The van der Waals surface area contributed by atoms with E-state index < -0.39 is 43.1 Å². The smallest absolute Gasteiger partial charge is 0.286 e. The normalized spacial score (nSPS) is 20.9. The summed E-state index contributed by atoms with van der Waals surface area (Å²) in [7, 11) is -8.09. The fourth-order valence-corrected chi connectivity index (χ4v) is 7.75. The molecule has 0 bridgehead atoms. The molecule has 0 saturated heterocycles. The number of rotatable bonds is 8. The fraction of sp³-hybridized carbons (Fsp3) is 0.364. The van der Waals surface area contributed by atoms with E-state index in [9.17, 15) is 26.4 Å². The van der Waals surface area contributed by atoms with Crippen molar-refractivity contribution in [3.63, 3.8) is 0 Å². The number of aryl methyl sites for hydroxylation is 2. The van der Waals surface area contributed by atoms with E-state index in [1.54, 1.807) is 24.3 Å². The van der Waals surface area contributed by atoms with Crippen molar-refractivity contribution in [2.75, 3.05) is 16.3 Å². The molecule has 45 heavy (non-hydrogen) atoms. The van der Waals surface area contributed by atoms with E-state index in [1.807, 2.05) is 32.0 Å². The summed E-state index contributed by atoms with van der Waals surface area (Å²) in [5.74, 6) is -2.84. The van der Waals surface area contributed by atoms with Gasteiger partial charge in [0.05, 0.1) is 11.9 Å². The van der Waals surface area contributed by atoms with Crippen molar-refractivity contribution < 1.29 is 26.4 Å². The molecule has 0 fully saturated rings. The number of sulfonamides is 2. The average Bonchev–Trinajstić information content (AvgIpc) is 2.93. The van der Waals surface area contributed by atoms with E-state index in [-0.39, 0.29) is 27.5 Å². The second-order valence-corrected chi connectivity index (χ2v) is 16.4. The molecule has 5 rings (SSSR count). The molecule has 1 heterocycles. The highest BCUT2D eigenvalue weighted by Crippen LogP contribution is 2.43. The monoisotopic (exact) mass is 650 g/mol. The van der Waals surface area contributed by atoms with E-state index in [0.717, 1.165) is 29.0 Å². The van der Waals surface area contributed by atoms with Crippen LogP contribution in [0.25, 0.3) is 0 Å². The van der Waals surface area contributed by atoms with Crippen LogP contribution < -0.4 is 15.4 Å². The van der Waals surface area contributed by atoms with E-state index in [0.29, 0.717) is 30.5 Å². The van der Waals surface area contributed by atoms with Crippen LogP contribution in [0.3, 0.4) is 0 Å². The Hall–Kier alpha value is -3.87. The van der Waals surface area contributed by atoms with E-state index in [4.69, 9.17) is 0 Å². The third-order valence-corrected chi connectivity index (χ3v) is 10.3. The van der Waals surface area contributed by atoms with Gasteiger partial charge < -0.3 is 5.32 Å².